The van der Waals surface area contributed by atoms with E-state index in [0.717, 1.165) is 43.7 Å². The number of rotatable bonds is 0. The third-order valence-electron chi connectivity index (χ3n) is 5.41. The molecule has 0 aromatic rings. The minimum atomic E-state index is -0.112. The van der Waals surface area contributed by atoms with Gasteiger partial charge in [-0.2, -0.15) is 0 Å². The molecule has 0 aromatic carbocycles. The Bertz CT molecular complexity index is 472. The zero-order chi connectivity index (χ0) is 13.9. The summed E-state index contributed by atoms with van der Waals surface area (Å²) in [4.78, 5) is 15.5. The predicted molar refractivity (Wildman–Crippen MR) is 74.2 cm³/mol. The Kier molecular flexibility index (Phi) is 2.93. The lowest BCUT2D eigenvalue weighted by molar-refractivity contribution is -0.139. The summed E-state index contributed by atoms with van der Waals surface area (Å²) >= 11 is 0. The molecule has 5 atom stereocenters. The minimum absolute atomic E-state index is 0.0458. The molecule has 2 fully saturated rings. The van der Waals surface area contributed by atoms with Gasteiger partial charge in [0.1, 0.15) is 11.9 Å². The van der Waals surface area contributed by atoms with Crippen molar-refractivity contribution < 1.29 is 14.3 Å². The Balaban J connectivity index is 1.70. The van der Waals surface area contributed by atoms with Gasteiger partial charge in [-0.25, -0.2) is 0 Å². The van der Waals surface area contributed by atoms with E-state index in [1.165, 1.54) is 6.42 Å². The summed E-state index contributed by atoms with van der Waals surface area (Å²) in [6, 6.07) is 0.404. The average Bonchev–Trinajstić information content (AvgIpc) is 2.85. The summed E-state index contributed by atoms with van der Waals surface area (Å²) in [6.07, 6.45) is 4.26. The van der Waals surface area contributed by atoms with Crippen LogP contribution in [-0.2, 0) is 14.3 Å². The van der Waals surface area contributed by atoms with Crippen LogP contribution in [0.3, 0.4) is 0 Å². The van der Waals surface area contributed by atoms with Crippen LogP contribution in [0.5, 0.6) is 0 Å². The van der Waals surface area contributed by atoms with Crippen LogP contribution in [0.2, 0.25) is 0 Å². The molecule has 0 unspecified atom stereocenters. The van der Waals surface area contributed by atoms with Crippen molar-refractivity contribution in [2.24, 2.45) is 5.92 Å². The maximum Gasteiger partial charge on any atom is 0.173 e. The van der Waals surface area contributed by atoms with Gasteiger partial charge in [-0.3, -0.25) is 9.69 Å². The SMILES string of the molecule is C[C@@H]1CC2=C(C(=O)[C@@H]3[C@@H](CCN4CCC[C@@H]34)O2)[C@@H](C)O1. The van der Waals surface area contributed by atoms with Crippen LogP contribution in [0.1, 0.15) is 39.5 Å². The second-order valence-electron chi connectivity index (χ2n) is 6.71. The van der Waals surface area contributed by atoms with Crippen LogP contribution in [0.25, 0.3) is 0 Å². The highest BCUT2D eigenvalue weighted by atomic mass is 16.5. The Hall–Kier alpha value is -0.870. The topological polar surface area (TPSA) is 38.8 Å². The first-order valence-corrected chi connectivity index (χ1v) is 7.98. The zero-order valence-electron chi connectivity index (χ0n) is 12.3. The van der Waals surface area contributed by atoms with E-state index in [0.29, 0.717) is 11.8 Å². The Morgan fingerprint density at radius 3 is 2.90 bits per heavy atom. The molecule has 20 heavy (non-hydrogen) atoms. The van der Waals surface area contributed by atoms with E-state index in [4.69, 9.17) is 9.47 Å². The molecule has 0 radical (unpaired) electrons. The predicted octanol–water partition coefficient (Wildman–Crippen LogP) is 1.89. The van der Waals surface area contributed by atoms with Crippen molar-refractivity contribution in [3.63, 3.8) is 0 Å². The second-order valence-corrected chi connectivity index (χ2v) is 6.71. The van der Waals surface area contributed by atoms with Gasteiger partial charge in [0.05, 0.1) is 23.7 Å². The summed E-state index contributed by atoms with van der Waals surface area (Å²) in [5.41, 5.74) is 0.832. The smallest absolute Gasteiger partial charge is 0.173 e. The molecule has 4 heteroatoms. The highest BCUT2D eigenvalue weighted by Gasteiger charge is 2.51. The highest BCUT2D eigenvalue weighted by molar-refractivity contribution is 6.00. The summed E-state index contributed by atoms with van der Waals surface area (Å²) < 4.78 is 12.1. The van der Waals surface area contributed by atoms with E-state index < -0.39 is 0 Å². The molecule has 4 aliphatic rings. The third-order valence-corrected chi connectivity index (χ3v) is 5.41. The molecule has 0 aromatic heterocycles. The maximum absolute atomic E-state index is 13.0. The number of ketones is 1. The third kappa shape index (κ3) is 1.77. The molecule has 4 heterocycles. The fraction of sp³-hybridized carbons (Fsp3) is 0.812. The van der Waals surface area contributed by atoms with Gasteiger partial charge < -0.3 is 9.47 Å². The lowest BCUT2D eigenvalue weighted by Gasteiger charge is -2.46. The zero-order valence-corrected chi connectivity index (χ0v) is 12.3. The molecule has 2 saturated heterocycles. The lowest BCUT2D eigenvalue weighted by atomic mass is 9.77. The van der Waals surface area contributed by atoms with E-state index in [2.05, 4.69) is 11.8 Å². The Morgan fingerprint density at radius 1 is 1.20 bits per heavy atom. The molecule has 0 aliphatic carbocycles. The van der Waals surface area contributed by atoms with E-state index in [-0.39, 0.29) is 24.2 Å². The molecule has 0 amide bonds. The van der Waals surface area contributed by atoms with Crippen molar-refractivity contribution >= 4 is 5.78 Å². The first kappa shape index (κ1) is 12.8. The number of carbonyl (C=O) groups is 1. The fourth-order valence-electron chi connectivity index (χ4n) is 4.61. The van der Waals surface area contributed by atoms with Crippen molar-refractivity contribution in [2.75, 3.05) is 13.1 Å². The Morgan fingerprint density at radius 2 is 2.05 bits per heavy atom. The van der Waals surface area contributed by atoms with E-state index in [1.54, 1.807) is 0 Å². The Labute approximate surface area is 120 Å². The summed E-state index contributed by atoms with van der Waals surface area (Å²) in [6.45, 7) is 6.28. The van der Waals surface area contributed by atoms with Crippen LogP contribution >= 0.6 is 0 Å². The van der Waals surface area contributed by atoms with Gasteiger partial charge in [0, 0.05) is 19.0 Å². The summed E-state index contributed by atoms with van der Waals surface area (Å²) in [5.74, 6) is 1.28. The number of ether oxygens (including phenoxy) is 2. The second kappa shape index (κ2) is 4.57. The standard InChI is InChI=1S/C16H23NO3/c1-9-8-13-14(10(2)19-9)16(18)15-11-4-3-6-17(11)7-5-12(15)20-13/h9-12,15H,3-8H2,1-2H3/t9-,10-,11+,12-,15+/m1/s1. The molecule has 4 rings (SSSR count). The molecule has 0 bridgehead atoms. The lowest BCUT2D eigenvalue weighted by Crippen LogP contribution is -2.55. The first-order chi connectivity index (χ1) is 9.65. The van der Waals surface area contributed by atoms with Crippen molar-refractivity contribution in [1.82, 2.24) is 4.90 Å². The average molecular weight is 277 g/mol. The largest absolute Gasteiger partial charge is 0.493 e. The normalized spacial score (nSPS) is 44.7. The van der Waals surface area contributed by atoms with Crippen LogP contribution in [0, 0.1) is 5.92 Å². The highest BCUT2D eigenvalue weighted by Crippen LogP contribution is 2.43. The summed E-state index contributed by atoms with van der Waals surface area (Å²) in [7, 11) is 0. The van der Waals surface area contributed by atoms with Gasteiger partial charge in [0.2, 0.25) is 0 Å². The van der Waals surface area contributed by atoms with Crippen molar-refractivity contribution in [1.29, 1.82) is 0 Å². The van der Waals surface area contributed by atoms with E-state index in [9.17, 15) is 4.79 Å². The van der Waals surface area contributed by atoms with Gasteiger partial charge in [-0.1, -0.05) is 0 Å². The molecule has 4 nitrogen and oxygen atoms in total. The van der Waals surface area contributed by atoms with Gasteiger partial charge in [0.25, 0.3) is 0 Å². The first-order valence-electron chi connectivity index (χ1n) is 7.98. The number of fused-ring (bicyclic) bond motifs is 3. The maximum atomic E-state index is 13.0. The number of piperidine rings is 1. The van der Waals surface area contributed by atoms with Crippen molar-refractivity contribution in [3.8, 4) is 0 Å². The number of hydrogen-bond acceptors (Lipinski definition) is 4. The van der Waals surface area contributed by atoms with Gasteiger partial charge in [-0.15, -0.1) is 0 Å². The molecule has 110 valence electrons. The molecule has 0 spiro atoms. The molecule has 0 saturated carbocycles. The summed E-state index contributed by atoms with van der Waals surface area (Å²) in [5, 5.41) is 0. The number of Topliss-reactive ketones (excluding diaryl/α,β-unsaturated/α-hetero) is 1. The minimum Gasteiger partial charge on any atom is -0.493 e. The monoisotopic (exact) mass is 277 g/mol. The molecule has 0 N–H and O–H groups in total. The molecular formula is C16H23NO3. The molecular weight excluding hydrogens is 254 g/mol. The van der Waals surface area contributed by atoms with Crippen molar-refractivity contribution in [2.45, 2.75) is 63.9 Å². The van der Waals surface area contributed by atoms with Gasteiger partial charge in [-0.05, 0) is 39.7 Å². The van der Waals surface area contributed by atoms with Crippen LogP contribution in [-0.4, -0.2) is 48.1 Å². The van der Waals surface area contributed by atoms with E-state index in [1.807, 2.05) is 6.92 Å². The molecule has 4 aliphatic heterocycles. The number of nitrogens with zero attached hydrogens (tertiary/aromatic N) is 1. The van der Waals surface area contributed by atoms with Gasteiger partial charge >= 0.3 is 0 Å². The van der Waals surface area contributed by atoms with Crippen molar-refractivity contribution in [3.05, 3.63) is 11.3 Å². The fourth-order valence-corrected chi connectivity index (χ4v) is 4.61. The quantitative estimate of drug-likeness (QED) is 0.678. The number of carbonyl (C=O) groups excluding carboxylic acids is 1. The van der Waals surface area contributed by atoms with Gasteiger partial charge in [0.15, 0.2) is 5.78 Å². The van der Waals surface area contributed by atoms with Crippen LogP contribution in [0.15, 0.2) is 11.3 Å². The van der Waals surface area contributed by atoms with Crippen LogP contribution < -0.4 is 0 Å². The number of hydrogen-bond donors (Lipinski definition) is 0. The van der Waals surface area contributed by atoms with Crippen LogP contribution in [0.4, 0.5) is 0 Å². The van der Waals surface area contributed by atoms with E-state index >= 15 is 0 Å².